The number of nitrogens with zero attached hydrogens (tertiary/aromatic N) is 2. The molecule has 2 aromatic rings. The van der Waals surface area contributed by atoms with Gasteiger partial charge in [0.25, 0.3) is 0 Å². The number of benzene rings is 2. The molecule has 6 nitrogen and oxygen atoms in total. The maximum atomic E-state index is 12.0. The van der Waals surface area contributed by atoms with Gasteiger partial charge in [0, 0.05) is 35.8 Å². The van der Waals surface area contributed by atoms with Crippen molar-refractivity contribution in [3.8, 4) is 0 Å². The Balaban J connectivity index is 1.91. The van der Waals surface area contributed by atoms with Crippen LogP contribution in [0.15, 0.2) is 72.1 Å². The van der Waals surface area contributed by atoms with Crippen LogP contribution in [0.4, 0.5) is 0 Å². The summed E-state index contributed by atoms with van der Waals surface area (Å²) in [5.74, 6) is -1.99. The standard InChI is InChI=1S/C25H27ClN2O4/c1-3-17(2)27-15-22(12-21(25(31)32)11-18-7-5-4-6-8-18)28(16-27)14-20-10-9-19(24(29)30)13-23(20)26/h4-10,12-13,15,17H,3,11,14,16H2,1-2H3,(H,29,30)(H,31,32)/b21-12+. The van der Waals surface area contributed by atoms with Crippen molar-refractivity contribution in [1.82, 2.24) is 9.80 Å². The van der Waals surface area contributed by atoms with Crippen molar-refractivity contribution in [2.45, 2.75) is 39.3 Å². The third-order valence-corrected chi connectivity index (χ3v) is 6.00. The molecule has 1 atom stereocenters. The first-order valence-electron chi connectivity index (χ1n) is 10.5. The topological polar surface area (TPSA) is 81.1 Å². The van der Waals surface area contributed by atoms with E-state index in [2.05, 4.69) is 23.6 Å². The first kappa shape index (κ1) is 23.4. The highest BCUT2D eigenvalue weighted by atomic mass is 35.5. The maximum absolute atomic E-state index is 12.0. The zero-order valence-electron chi connectivity index (χ0n) is 18.2. The molecular weight excluding hydrogens is 428 g/mol. The highest BCUT2D eigenvalue weighted by Gasteiger charge is 2.24. The number of aromatic carboxylic acids is 1. The molecule has 2 aromatic carbocycles. The average molecular weight is 455 g/mol. The zero-order valence-corrected chi connectivity index (χ0v) is 18.9. The minimum Gasteiger partial charge on any atom is -0.478 e. The molecule has 3 rings (SSSR count). The van der Waals surface area contributed by atoms with Crippen LogP contribution in [0.25, 0.3) is 0 Å². The summed E-state index contributed by atoms with van der Waals surface area (Å²) < 4.78 is 0. The predicted octanol–water partition coefficient (Wildman–Crippen LogP) is 5.01. The summed E-state index contributed by atoms with van der Waals surface area (Å²) in [5, 5.41) is 19.4. The molecule has 32 heavy (non-hydrogen) atoms. The van der Waals surface area contributed by atoms with Gasteiger partial charge in [0.2, 0.25) is 0 Å². The molecule has 0 spiro atoms. The number of aliphatic carboxylic acids is 1. The van der Waals surface area contributed by atoms with Crippen LogP contribution in [0, 0.1) is 0 Å². The van der Waals surface area contributed by atoms with Crippen LogP contribution in [-0.4, -0.2) is 44.7 Å². The Morgan fingerprint density at radius 1 is 1.16 bits per heavy atom. The minimum atomic E-state index is -1.03. The summed E-state index contributed by atoms with van der Waals surface area (Å²) >= 11 is 6.36. The van der Waals surface area contributed by atoms with Crippen molar-refractivity contribution in [1.29, 1.82) is 0 Å². The number of hydrogen-bond acceptors (Lipinski definition) is 4. The second kappa shape index (κ2) is 10.4. The third-order valence-electron chi connectivity index (χ3n) is 5.65. The van der Waals surface area contributed by atoms with Gasteiger partial charge in [0.1, 0.15) is 0 Å². The van der Waals surface area contributed by atoms with Crippen LogP contribution < -0.4 is 0 Å². The molecule has 0 fully saturated rings. The van der Waals surface area contributed by atoms with Crippen LogP contribution in [0.5, 0.6) is 0 Å². The number of rotatable bonds is 9. The molecular formula is C25H27ClN2O4. The minimum absolute atomic E-state index is 0.132. The van der Waals surface area contributed by atoms with E-state index >= 15 is 0 Å². The number of allylic oxidation sites excluding steroid dienone is 1. The molecule has 0 bridgehead atoms. The van der Waals surface area contributed by atoms with Crippen molar-refractivity contribution in [3.63, 3.8) is 0 Å². The summed E-state index contributed by atoms with van der Waals surface area (Å²) in [7, 11) is 0. The van der Waals surface area contributed by atoms with Crippen LogP contribution in [-0.2, 0) is 17.8 Å². The normalized spacial score (nSPS) is 15.0. The number of hydrogen-bond donors (Lipinski definition) is 2. The molecule has 0 aromatic heterocycles. The highest BCUT2D eigenvalue weighted by molar-refractivity contribution is 6.31. The second-order valence-corrected chi connectivity index (χ2v) is 8.32. The molecule has 168 valence electrons. The third kappa shape index (κ3) is 5.71. The number of carbonyl (C=O) groups is 2. The Kier molecular flexibility index (Phi) is 7.59. The lowest BCUT2D eigenvalue weighted by molar-refractivity contribution is -0.132. The van der Waals surface area contributed by atoms with E-state index in [1.54, 1.807) is 12.1 Å². The van der Waals surface area contributed by atoms with E-state index in [-0.39, 0.29) is 11.6 Å². The van der Waals surface area contributed by atoms with Crippen molar-refractivity contribution >= 4 is 23.5 Å². The summed E-state index contributed by atoms with van der Waals surface area (Å²) in [6, 6.07) is 14.5. The molecule has 0 radical (unpaired) electrons. The van der Waals surface area contributed by atoms with Crippen molar-refractivity contribution in [2.75, 3.05) is 6.67 Å². The van der Waals surface area contributed by atoms with Crippen LogP contribution in [0.3, 0.4) is 0 Å². The molecule has 0 saturated carbocycles. The van der Waals surface area contributed by atoms with Gasteiger partial charge in [-0.15, -0.1) is 0 Å². The van der Waals surface area contributed by atoms with E-state index in [0.717, 1.165) is 23.2 Å². The predicted molar refractivity (Wildman–Crippen MR) is 124 cm³/mol. The smallest absolute Gasteiger partial charge is 0.335 e. The van der Waals surface area contributed by atoms with Crippen LogP contribution >= 0.6 is 11.6 Å². The highest BCUT2D eigenvalue weighted by Crippen LogP contribution is 2.27. The van der Waals surface area contributed by atoms with Crippen molar-refractivity contribution < 1.29 is 19.8 Å². The van der Waals surface area contributed by atoms with Gasteiger partial charge in [-0.2, -0.15) is 0 Å². The lowest BCUT2D eigenvalue weighted by atomic mass is 10.0. The summed E-state index contributed by atoms with van der Waals surface area (Å²) in [5.41, 5.74) is 2.93. The Morgan fingerprint density at radius 2 is 1.88 bits per heavy atom. The fraction of sp³-hybridized carbons (Fsp3) is 0.280. The number of carboxylic acid groups (broad SMARTS) is 2. The van der Waals surface area contributed by atoms with Crippen molar-refractivity contribution in [3.05, 3.63) is 93.8 Å². The van der Waals surface area contributed by atoms with E-state index in [4.69, 9.17) is 11.6 Å². The molecule has 2 N–H and O–H groups in total. The zero-order chi connectivity index (χ0) is 23.3. The molecule has 0 amide bonds. The SMILES string of the molecule is CCC(C)N1C=C(/C=C(\Cc2ccccc2)C(=O)O)N(Cc2ccc(C(=O)O)cc2Cl)C1. The van der Waals surface area contributed by atoms with Gasteiger partial charge in [-0.05, 0) is 42.7 Å². The Bertz CT molecular complexity index is 1050. The van der Waals surface area contributed by atoms with E-state index in [1.807, 2.05) is 36.5 Å². The molecule has 1 aliphatic rings. The first-order chi connectivity index (χ1) is 15.3. The molecule has 1 heterocycles. The fourth-order valence-corrected chi connectivity index (χ4v) is 3.78. The number of halogens is 1. The molecule has 1 aliphatic heterocycles. The molecule has 7 heteroatoms. The van der Waals surface area contributed by atoms with E-state index < -0.39 is 11.9 Å². The number of carboxylic acids is 2. The van der Waals surface area contributed by atoms with E-state index in [9.17, 15) is 19.8 Å². The largest absolute Gasteiger partial charge is 0.478 e. The van der Waals surface area contributed by atoms with Gasteiger partial charge in [-0.1, -0.05) is 54.9 Å². The van der Waals surface area contributed by atoms with Gasteiger partial charge >= 0.3 is 11.9 Å². The molecule has 0 saturated heterocycles. The molecule has 1 unspecified atom stereocenters. The Morgan fingerprint density at radius 3 is 2.47 bits per heavy atom. The van der Waals surface area contributed by atoms with Gasteiger partial charge in [-0.25, -0.2) is 9.59 Å². The average Bonchev–Trinajstić information content (AvgIpc) is 3.17. The van der Waals surface area contributed by atoms with E-state index in [1.165, 1.54) is 12.1 Å². The fourth-order valence-electron chi connectivity index (χ4n) is 3.54. The monoisotopic (exact) mass is 454 g/mol. The van der Waals surface area contributed by atoms with E-state index in [0.29, 0.717) is 30.2 Å². The van der Waals surface area contributed by atoms with Gasteiger partial charge < -0.3 is 20.0 Å². The lowest BCUT2D eigenvalue weighted by Crippen LogP contribution is -2.32. The van der Waals surface area contributed by atoms with Gasteiger partial charge in [-0.3, -0.25) is 0 Å². The second-order valence-electron chi connectivity index (χ2n) is 7.91. The van der Waals surface area contributed by atoms with Gasteiger partial charge in [0.15, 0.2) is 0 Å². The summed E-state index contributed by atoms with van der Waals surface area (Å²) in [4.78, 5) is 27.4. The Hall–Kier alpha value is -3.25. The Labute approximate surface area is 193 Å². The summed E-state index contributed by atoms with van der Waals surface area (Å²) in [6.07, 6.45) is 4.98. The van der Waals surface area contributed by atoms with Gasteiger partial charge in [0.05, 0.1) is 17.9 Å². The van der Waals surface area contributed by atoms with Crippen LogP contribution in [0.1, 0.15) is 41.8 Å². The van der Waals surface area contributed by atoms with Crippen molar-refractivity contribution in [2.24, 2.45) is 0 Å². The quantitative estimate of drug-likeness (QED) is 0.518. The van der Waals surface area contributed by atoms with Crippen LogP contribution in [0.2, 0.25) is 5.02 Å². The molecule has 0 aliphatic carbocycles. The maximum Gasteiger partial charge on any atom is 0.335 e. The summed E-state index contributed by atoms with van der Waals surface area (Å²) in [6.45, 7) is 5.26. The first-order valence-corrected chi connectivity index (χ1v) is 10.9. The lowest BCUT2D eigenvalue weighted by Gasteiger charge is -2.27.